The molecular formula is C23H22ClN3O3S2. The van der Waals surface area contributed by atoms with Crippen molar-refractivity contribution in [1.82, 2.24) is 4.98 Å². The van der Waals surface area contributed by atoms with Gasteiger partial charge in [0.25, 0.3) is 10.0 Å². The summed E-state index contributed by atoms with van der Waals surface area (Å²) in [7, 11) is -3.71. The Labute approximate surface area is 196 Å². The Balaban J connectivity index is 1.35. The van der Waals surface area contributed by atoms with E-state index in [-0.39, 0.29) is 22.6 Å². The van der Waals surface area contributed by atoms with Gasteiger partial charge >= 0.3 is 0 Å². The van der Waals surface area contributed by atoms with E-state index in [0.717, 1.165) is 43.5 Å². The van der Waals surface area contributed by atoms with Crippen LogP contribution in [0.25, 0.3) is 0 Å². The minimum absolute atomic E-state index is 0.148. The van der Waals surface area contributed by atoms with Gasteiger partial charge in [-0.15, -0.1) is 11.3 Å². The highest BCUT2D eigenvalue weighted by molar-refractivity contribution is 7.93. The Morgan fingerprint density at radius 2 is 1.94 bits per heavy atom. The molecule has 2 atom stereocenters. The number of anilines is 2. The molecular weight excluding hydrogens is 466 g/mol. The zero-order valence-electron chi connectivity index (χ0n) is 17.2. The largest absolute Gasteiger partial charge is 0.360 e. The van der Waals surface area contributed by atoms with Gasteiger partial charge in [0.1, 0.15) is 0 Å². The van der Waals surface area contributed by atoms with Gasteiger partial charge in [0, 0.05) is 24.0 Å². The highest BCUT2D eigenvalue weighted by Crippen LogP contribution is 2.41. The molecule has 0 saturated heterocycles. The van der Waals surface area contributed by atoms with Crippen LogP contribution in [0.5, 0.6) is 0 Å². The van der Waals surface area contributed by atoms with E-state index in [2.05, 4.69) is 20.7 Å². The van der Waals surface area contributed by atoms with Crippen molar-refractivity contribution in [2.75, 3.05) is 16.2 Å². The maximum atomic E-state index is 13.4. The van der Waals surface area contributed by atoms with Crippen molar-refractivity contribution in [3.63, 3.8) is 0 Å². The van der Waals surface area contributed by atoms with Crippen molar-refractivity contribution in [1.29, 1.82) is 0 Å². The number of hydrogen-bond acceptors (Lipinski definition) is 6. The average Bonchev–Trinajstić information content (AvgIpc) is 3.43. The predicted molar refractivity (Wildman–Crippen MR) is 127 cm³/mol. The fourth-order valence-corrected chi connectivity index (χ4v) is 6.85. The van der Waals surface area contributed by atoms with Gasteiger partial charge in [0.05, 0.1) is 21.6 Å². The fraction of sp³-hybridized carbons (Fsp3) is 0.304. The standard InChI is InChI=1S/C23H22ClN3O3S2/c24-19-5-1-3-16-4-2-13-27(21(16)19)20-11-10-18(22(20)28)15-6-8-17(9-7-15)32(29,30)26-23-25-12-14-31-23/h1,3,5-9,12,14,18,20H,2,4,10-11,13H2,(H,25,26)/t18?,20-/m1/s1. The molecule has 9 heteroatoms. The lowest BCUT2D eigenvalue weighted by Crippen LogP contribution is -2.42. The molecule has 32 heavy (non-hydrogen) atoms. The van der Waals surface area contributed by atoms with Crippen LogP contribution >= 0.6 is 22.9 Å². The van der Waals surface area contributed by atoms with E-state index in [0.29, 0.717) is 10.2 Å². The zero-order valence-corrected chi connectivity index (χ0v) is 19.6. The number of para-hydroxylation sites is 1. The quantitative estimate of drug-likeness (QED) is 0.555. The summed E-state index contributed by atoms with van der Waals surface area (Å²) in [6.45, 7) is 0.819. The summed E-state index contributed by atoms with van der Waals surface area (Å²) in [5.74, 6) is -0.0640. The van der Waals surface area contributed by atoms with Gasteiger partial charge in [-0.3, -0.25) is 9.52 Å². The molecule has 1 aromatic heterocycles. The van der Waals surface area contributed by atoms with Crippen molar-refractivity contribution >= 4 is 49.6 Å². The second-order valence-corrected chi connectivity index (χ2v) is 11.1. The van der Waals surface area contributed by atoms with E-state index in [1.54, 1.807) is 35.8 Å². The number of sulfonamides is 1. The smallest absolute Gasteiger partial charge is 0.263 e. The number of nitrogens with zero attached hydrogens (tertiary/aromatic N) is 2. The average molecular weight is 488 g/mol. The number of rotatable bonds is 5. The van der Waals surface area contributed by atoms with E-state index < -0.39 is 10.0 Å². The maximum absolute atomic E-state index is 13.4. The molecule has 1 aliphatic carbocycles. The number of ketones is 1. The lowest BCUT2D eigenvalue weighted by molar-refractivity contribution is -0.119. The minimum atomic E-state index is -3.71. The number of carbonyl (C=O) groups excluding carboxylic acids is 1. The van der Waals surface area contributed by atoms with Crippen LogP contribution in [0.2, 0.25) is 5.02 Å². The first-order valence-electron chi connectivity index (χ1n) is 10.5. The number of nitrogens with one attached hydrogen (secondary N) is 1. The predicted octanol–water partition coefficient (Wildman–Crippen LogP) is 4.87. The van der Waals surface area contributed by atoms with Gasteiger partial charge in [0.15, 0.2) is 10.9 Å². The molecule has 2 aromatic carbocycles. The van der Waals surface area contributed by atoms with Crippen LogP contribution in [0.15, 0.2) is 58.9 Å². The molecule has 2 heterocycles. The molecule has 0 spiro atoms. The summed E-state index contributed by atoms with van der Waals surface area (Å²) < 4.78 is 27.6. The SMILES string of the molecule is O=C1C(c2ccc(S(=O)(=O)Nc3nccs3)cc2)CC[C@H]1N1CCCc2cccc(Cl)c21. The second kappa shape index (κ2) is 8.50. The minimum Gasteiger partial charge on any atom is -0.360 e. The van der Waals surface area contributed by atoms with E-state index >= 15 is 0 Å². The van der Waals surface area contributed by atoms with Gasteiger partial charge in [-0.05, 0) is 55.0 Å². The first-order chi connectivity index (χ1) is 15.4. The number of Topliss-reactive ketones (excluding diaryl/α,β-unsaturated/α-hetero) is 1. The summed E-state index contributed by atoms with van der Waals surface area (Å²) in [6, 6.07) is 12.3. The maximum Gasteiger partial charge on any atom is 0.263 e. The van der Waals surface area contributed by atoms with Crippen LogP contribution in [0.4, 0.5) is 10.8 Å². The van der Waals surface area contributed by atoms with E-state index in [4.69, 9.17) is 11.6 Å². The summed E-state index contributed by atoms with van der Waals surface area (Å²) in [5, 5.41) is 2.72. The molecule has 1 saturated carbocycles. The van der Waals surface area contributed by atoms with Crippen molar-refractivity contribution in [3.05, 3.63) is 70.2 Å². The number of thiazole rings is 1. The highest BCUT2D eigenvalue weighted by Gasteiger charge is 2.40. The molecule has 1 fully saturated rings. The summed E-state index contributed by atoms with van der Waals surface area (Å²) >= 11 is 7.73. The van der Waals surface area contributed by atoms with Gasteiger partial charge in [-0.25, -0.2) is 13.4 Å². The lowest BCUT2D eigenvalue weighted by atomic mass is 9.95. The number of carbonyl (C=O) groups is 1. The number of fused-ring (bicyclic) bond motifs is 1. The molecule has 1 unspecified atom stereocenters. The summed E-state index contributed by atoms with van der Waals surface area (Å²) in [5.41, 5.74) is 3.04. The Morgan fingerprint density at radius 3 is 2.69 bits per heavy atom. The van der Waals surface area contributed by atoms with Gasteiger partial charge < -0.3 is 4.90 Å². The monoisotopic (exact) mass is 487 g/mol. The Morgan fingerprint density at radius 1 is 1.12 bits per heavy atom. The zero-order chi connectivity index (χ0) is 22.3. The van der Waals surface area contributed by atoms with Crippen molar-refractivity contribution in [2.45, 2.75) is 42.5 Å². The number of aryl methyl sites for hydroxylation is 1. The number of halogens is 1. The summed E-state index contributed by atoms with van der Waals surface area (Å²) in [4.78, 5) is 19.7. The Hall–Kier alpha value is -2.42. The molecule has 0 radical (unpaired) electrons. The number of hydrogen-bond donors (Lipinski definition) is 1. The Bertz CT molecular complexity index is 1240. The van der Waals surface area contributed by atoms with Crippen LogP contribution in [0.1, 0.15) is 36.3 Å². The molecule has 3 aromatic rings. The summed E-state index contributed by atoms with van der Waals surface area (Å²) in [6.07, 6.45) is 5.02. The van der Waals surface area contributed by atoms with Crippen LogP contribution in [0, 0.1) is 0 Å². The van der Waals surface area contributed by atoms with Gasteiger partial charge in [0.2, 0.25) is 0 Å². The van der Waals surface area contributed by atoms with Crippen LogP contribution in [-0.4, -0.2) is 31.8 Å². The third-order valence-corrected chi connectivity index (χ3v) is 8.70. The fourth-order valence-electron chi connectivity index (χ4n) is 4.76. The van der Waals surface area contributed by atoms with Gasteiger partial charge in [-0.1, -0.05) is 35.9 Å². The van der Waals surface area contributed by atoms with E-state index in [1.807, 2.05) is 12.1 Å². The van der Waals surface area contributed by atoms with Crippen molar-refractivity contribution in [2.24, 2.45) is 0 Å². The molecule has 6 nitrogen and oxygen atoms in total. The third kappa shape index (κ3) is 3.91. The Kier molecular flexibility index (Phi) is 5.69. The molecule has 1 aliphatic heterocycles. The lowest BCUT2D eigenvalue weighted by Gasteiger charge is -2.36. The van der Waals surface area contributed by atoms with Crippen LogP contribution < -0.4 is 9.62 Å². The molecule has 1 N–H and O–H groups in total. The second-order valence-electron chi connectivity index (χ2n) is 8.10. The number of benzene rings is 2. The van der Waals surface area contributed by atoms with Gasteiger partial charge in [-0.2, -0.15) is 0 Å². The highest BCUT2D eigenvalue weighted by atomic mass is 35.5. The molecule has 2 aliphatic rings. The van der Waals surface area contributed by atoms with Crippen molar-refractivity contribution in [3.8, 4) is 0 Å². The number of aromatic nitrogens is 1. The molecule has 166 valence electrons. The van der Waals surface area contributed by atoms with Crippen molar-refractivity contribution < 1.29 is 13.2 Å². The topological polar surface area (TPSA) is 79.4 Å². The van der Waals surface area contributed by atoms with Crippen LogP contribution in [0.3, 0.4) is 0 Å². The third-order valence-electron chi connectivity index (χ3n) is 6.23. The molecule has 0 bridgehead atoms. The molecule has 0 amide bonds. The van der Waals surface area contributed by atoms with E-state index in [9.17, 15) is 13.2 Å². The normalized spacial score (nSPS) is 20.9. The first kappa shape index (κ1) is 21.4. The first-order valence-corrected chi connectivity index (χ1v) is 13.3. The molecule has 5 rings (SSSR count). The van der Waals surface area contributed by atoms with E-state index in [1.165, 1.54) is 16.9 Å². The van der Waals surface area contributed by atoms with Crippen LogP contribution in [-0.2, 0) is 21.2 Å².